The smallest absolute Gasteiger partial charge is 0.217 e. The van der Waals surface area contributed by atoms with E-state index in [4.69, 9.17) is 9.47 Å². The summed E-state index contributed by atoms with van der Waals surface area (Å²) in [6, 6.07) is 5.61. The molecule has 1 N–H and O–H groups in total. The SMILES string of the molecule is COc1ccc(C(C)(C)NC(C)=O)cc1OC. The summed E-state index contributed by atoms with van der Waals surface area (Å²) in [6.45, 7) is 5.38. The molecule has 0 aliphatic heterocycles. The summed E-state index contributed by atoms with van der Waals surface area (Å²) in [6.07, 6.45) is 0. The summed E-state index contributed by atoms with van der Waals surface area (Å²) in [5.74, 6) is 1.27. The number of nitrogens with one attached hydrogen (secondary N) is 1. The summed E-state index contributed by atoms with van der Waals surface area (Å²) < 4.78 is 10.4. The van der Waals surface area contributed by atoms with E-state index in [1.54, 1.807) is 14.2 Å². The lowest BCUT2D eigenvalue weighted by atomic mass is 9.94. The summed E-state index contributed by atoms with van der Waals surface area (Å²) in [5.41, 5.74) is 0.524. The van der Waals surface area contributed by atoms with E-state index in [-0.39, 0.29) is 5.91 Å². The van der Waals surface area contributed by atoms with Crippen LogP contribution in [0.1, 0.15) is 26.3 Å². The standard InChI is InChI=1S/C13H19NO3/c1-9(15)14-13(2,3)10-6-7-11(16-4)12(8-10)17-5/h6-8H,1-5H3,(H,14,15). The maximum absolute atomic E-state index is 11.1. The van der Waals surface area contributed by atoms with Crippen LogP contribution in [0.5, 0.6) is 11.5 Å². The quantitative estimate of drug-likeness (QED) is 0.872. The molecule has 4 heteroatoms. The van der Waals surface area contributed by atoms with Crippen LogP contribution < -0.4 is 14.8 Å². The molecule has 0 radical (unpaired) electrons. The molecule has 0 aliphatic rings. The lowest BCUT2D eigenvalue weighted by molar-refractivity contribution is -0.120. The second-order valence-electron chi connectivity index (χ2n) is 4.38. The van der Waals surface area contributed by atoms with Crippen LogP contribution in [0.25, 0.3) is 0 Å². The zero-order valence-corrected chi connectivity index (χ0v) is 11.0. The van der Waals surface area contributed by atoms with Crippen molar-refractivity contribution in [2.75, 3.05) is 14.2 Å². The number of benzene rings is 1. The number of rotatable bonds is 4. The van der Waals surface area contributed by atoms with Crippen LogP contribution in [-0.4, -0.2) is 20.1 Å². The maximum atomic E-state index is 11.1. The summed E-state index contributed by atoms with van der Waals surface area (Å²) in [7, 11) is 3.18. The molecule has 1 aromatic carbocycles. The van der Waals surface area contributed by atoms with Gasteiger partial charge in [0, 0.05) is 6.92 Å². The van der Waals surface area contributed by atoms with Crippen LogP contribution in [0.15, 0.2) is 18.2 Å². The Morgan fingerprint density at radius 1 is 1.18 bits per heavy atom. The van der Waals surface area contributed by atoms with Crippen molar-refractivity contribution in [3.05, 3.63) is 23.8 Å². The van der Waals surface area contributed by atoms with Crippen LogP contribution in [0, 0.1) is 0 Å². The van der Waals surface area contributed by atoms with Crippen LogP contribution in [-0.2, 0) is 10.3 Å². The molecule has 1 amide bonds. The fourth-order valence-electron chi connectivity index (χ4n) is 1.74. The minimum absolute atomic E-state index is 0.0650. The first-order valence-corrected chi connectivity index (χ1v) is 5.42. The Bertz CT molecular complexity index is 413. The van der Waals surface area contributed by atoms with Crippen molar-refractivity contribution in [2.45, 2.75) is 26.3 Å². The first kappa shape index (κ1) is 13.4. The van der Waals surface area contributed by atoms with E-state index in [2.05, 4.69) is 5.32 Å². The fraction of sp³-hybridized carbons (Fsp3) is 0.462. The van der Waals surface area contributed by atoms with Crippen molar-refractivity contribution in [1.82, 2.24) is 5.32 Å². The molecule has 0 heterocycles. The molecule has 0 aromatic heterocycles. The normalized spacial score (nSPS) is 10.9. The zero-order chi connectivity index (χ0) is 13.1. The lowest BCUT2D eigenvalue weighted by Crippen LogP contribution is -2.39. The minimum Gasteiger partial charge on any atom is -0.493 e. The first-order valence-electron chi connectivity index (χ1n) is 5.42. The molecule has 4 nitrogen and oxygen atoms in total. The Kier molecular flexibility index (Phi) is 3.99. The molecular formula is C13H19NO3. The lowest BCUT2D eigenvalue weighted by Gasteiger charge is -2.27. The fourth-order valence-corrected chi connectivity index (χ4v) is 1.74. The van der Waals surface area contributed by atoms with Gasteiger partial charge in [0.1, 0.15) is 0 Å². The topological polar surface area (TPSA) is 47.6 Å². The minimum atomic E-state index is -0.439. The number of hydrogen-bond acceptors (Lipinski definition) is 3. The van der Waals surface area contributed by atoms with Gasteiger partial charge in [0.2, 0.25) is 5.91 Å². The third kappa shape index (κ3) is 3.12. The van der Waals surface area contributed by atoms with E-state index in [1.165, 1.54) is 6.92 Å². The van der Waals surface area contributed by atoms with E-state index in [9.17, 15) is 4.79 Å². The van der Waals surface area contributed by atoms with E-state index < -0.39 is 5.54 Å². The number of carbonyl (C=O) groups is 1. The van der Waals surface area contributed by atoms with Crippen molar-refractivity contribution >= 4 is 5.91 Å². The van der Waals surface area contributed by atoms with Crippen LogP contribution >= 0.6 is 0 Å². The maximum Gasteiger partial charge on any atom is 0.217 e. The molecule has 1 aromatic rings. The average Bonchev–Trinajstić information content (AvgIpc) is 2.26. The van der Waals surface area contributed by atoms with Gasteiger partial charge in [-0.3, -0.25) is 4.79 Å². The Hall–Kier alpha value is -1.71. The number of amides is 1. The van der Waals surface area contributed by atoms with Gasteiger partial charge < -0.3 is 14.8 Å². The van der Waals surface area contributed by atoms with Gasteiger partial charge in [-0.15, -0.1) is 0 Å². The molecule has 0 unspecified atom stereocenters. The summed E-state index contributed by atoms with van der Waals surface area (Å²) in [4.78, 5) is 11.1. The first-order chi connectivity index (χ1) is 7.90. The number of carbonyl (C=O) groups excluding carboxylic acids is 1. The largest absolute Gasteiger partial charge is 0.493 e. The van der Waals surface area contributed by atoms with Crippen LogP contribution in [0.2, 0.25) is 0 Å². The van der Waals surface area contributed by atoms with E-state index in [0.717, 1.165) is 5.56 Å². The van der Waals surface area contributed by atoms with Gasteiger partial charge in [0.25, 0.3) is 0 Å². The van der Waals surface area contributed by atoms with Gasteiger partial charge in [0.05, 0.1) is 19.8 Å². The molecule has 94 valence electrons. The number of ether oxygens (including phenoxy) is 2. The predicted octanol–water partition coefficient (Wildman–Crippen LogP) is 2.08. The van der Waals surface area contributed by atoms with Gasteiger partial charge in [-0.2, -0.15) is 0 Å². The van der Waals surface area contributed by atoms with E-state index >= 15 is 0 Å². The highest BCUT2D eigenvalue weighted by atomic mass is 16.5. The Morgan fingerprint density at radius 2 is 1.76 bits per heavy atom. The molecule has 0 spiro atoms. The van der Waals surface area contributed by atoms with Crippen molar-refractivity contribution in [1.29, 1.82) is 0 Å². The Balaban J connectivity index is 3.10. The number of methoxy groups -OCH3 is 2. The second-order valence-corrected chi connectivity index (χ2v) is 4.38. The second kappa shape index (κ2) is 5.08. The molecule has 0 fully saturated rings. The highest BCUT2D eigenvalue weighted by Gasteiger charge is 2.22. The van der Waals surface area contributed by atoms with Crippen molar-refractivity contribution in [2.24, 2.45) is 0 Å². The molecule has 1 rings (SSSR count). The van der Waals surface area contributed by atoms with Gasteiger partial charge in [-0.1, -0.05) is 6.07 Å². The summed E-state index contributed by atoms with van der Waals surface area (Å²) in [5, 5.41) is 2.89. The third-order valence-corrected chi connectivity index (χ3v) is 2.59. The number of hydrogen-bond donors (Lipinski definition) is 1. The monoisotopic (exact) mass is 237 g/mol. The highest BCUT2D eigenvalue weighted by Crippen LogP contribution is 2.31. The highest BCUT2D eigenvalue weighted by molar-refractivity contribution is 5.74. The molecule has 0 aliphatic carbocycles. The average molecular weight is 237 g/mol. The summed E-state index contributed by atoms with van der Waals surface area (Å²) >= 11 is 0. The predicted molar refractivity (Wildman–Crippen MR) is 66.4 cm³/mol. The van der Waals surface area contributed by atoms with E-state index in [1.807, 2.05) is 32.0 Å². The zero-order valence-electron chi connectivity index (χ0n) is 11.0. The molecule has 0 saturated carbocycles. The van der Waals surface area contributed by atoms with Crippen LogP contribution in [0.4, 0.5) is 0 Å². The van der Waals surface area contributed by atoms with Crippen molar-refractivity contribution in [3.8, 4) is 11.5 Å². The van der Waals surface area contributed by atoms with E-state index in [0.29, 0.717) is 11.5 Å². The molecule has 0 saturated heterocycles. The third-order valence-electron chi connectivity index (χ3n) is 2.59. The van der Waals surface area contributed by atoms with Gasteiger partial charge in [-0.25, -0.2) is 0 Å². The molecular weight excluding hydrogens is 218 g/mol. The van der Waals surface area contributed by atoms with Gasteiger partial charge in [0.15, 0.2) is 11.5 Å². The Morgan fingerprint density at radius 3 is 2.24 bits per heavy atom. The van der Waals surface area contributed by atoms with Gasteiger partial charge in [-0.05, 0) is 31.5 Å². The van der Waals surface area contributed by atoms with Crippen molar-refractivity contribution < 1.29 is 14.3 Å². The van der Waals surface area contributed by atoms with Gasteiger partial charge >= 0.3 is 0 Å². The molecule has 17 heavy (non-hydrogen) atoms. The molecule has 0 bridgehead atoms. The molecule has 0 atom stereocenters. The van der Waals surface area contributed by atoms with Crippen molar-refractivity contribution in [3.63, 3.8) is 0 Å². The Labute approximate surface area is 102 Å². The van der Waals surface area contributed by atoms with Crippen LogP contribution in [0.3, 0.4) is 0 Å².